The van der Waals surface area contributed by atoms with Gasteiger partial charge in [0, 0.05) is 19.3 Å². The highest BCUT2D eigenvalue weighted by atomic mass is 16.2. The number of aldehydes is 1. The van der Waals surface area contributed by atoms with Crippen molar-refractivity contribution >= 4 is 18.0 Å². The number of aromatic nitrogens is 1. The zero-order chi connectivity index (χ0) is 11.4. The number of nitrogens with zero attached hydrogens (tertiary/aromatic N) is 2. The van der Waals surface area contributed by atoms with E-state index in [0.717, 1.165) is 19.3 Å². The standard InChI is InChI=1S/C11H13N3O2/c15-8-9-3-1-4-13-11(9)14-6-2-5-12-10(16)7-14/h1,3-4,8H,2,5-7H2,(H,12,16). The summed E-state index contributed by atoms with van der Waals surface area (Å²) in [4.78, 5) is 28.3. The molecule has 2 rings (SSSR count). The Balaban J connectivity index is 2.27. The van der Waals surface area contributed by atoms with E-state index in [4.69, 9.17) is 0 Å². The number of carbonyl (C=O) groups is 2. The molecule has 1 aromatic rings. The summed E-state index contributed by atoms with van der Waals surface area (Å²) in [5.74, 6) is 0.564. The second-order valence-electron chi connectivity index (χ2n) is 3.66. The van der Waals surface area contributed by atoms with E-state index in [1.807, 2.05) is 4.90 Å². The molecular formula is C11H13N3O2. The molecule has 0 bridgehead atoms. The third-order valence-electron chi connectivity index (χ3n) is 2.50. The van der Waals surface area contributed by atoms with Crippen LogP contribution in [0.1, 0.15) is 16.8 Å². The van der Waals surface area contributed by atoms with Crippen LogP contribution in [0.4, 0.5) is 5.82 Å². The van der Waals surface area contributed by atoms with Crippen molar-refractivity contribution in [1.29, 1.82) is 0 Å². The summed E-state index contributed by atoms with van der Waals surface area (Å²) >= 11 is 0. The molecule has 1 fully saturated rings. The highest BCUT2D eigenvalue weighted by Gasteiger charge is 2.17. The van der Waals surface area contributed by atoms with E-state index in [0.29, 0.717) is 17.9 Å². The molecule has 84 valence electrons. The zero-order valence-electron chi connectivity index (χ0n) is 8.85. The van der Waals surface area contributed by atoms with Crippen LogP contribution in [0.25, 0.3) is 0 Å². The van der Waals surface area contributed by atoms with Crippen molar-refractivity contribution in [2.24, 2.45) is 0 Å². The Morgan fingerprint density at radius 3 is 3.19 bits per heavy atom. The molecule has 0 aliphatic carbocycles. The number of carbonyl (C=O) groups excluding carboxylic acids is 2. The van der Waals surface area contributed by atoms with Crippen molar-refractivity contribution in [3.05, 3.63) is 23.9 Å². The van der Waals surface area contributed by atoms with Gasteiger partial charge in [0.1, 0.15) is 5.82 Å². The van der Waals surface area contributed by atoms with E-state index in [1.54, 1.807) is 18.3 Å². The summed E-state index contributed by atoms with van der Waals surface area (Å²) in [5, 5.41) is 2.79. The Morgan fingerprint density at radius 2 is 2.38 bits per heavy atom. The van der Waals surface area contributed by atoms with Gasteiger partial charge in [-0.3, -0.25) is 9.59 Å². The van der Waals surface area contributed by atoms with Gasteiger partial charge in [-0.15, -0.1) is 0 Å². The Kier molecular flexibility index (Phi) is 3.14. The second kappa shape index (κ2) is 4.74. The average Bonchev–Trinajstić information content (AvgIpc) is 2.54. The molecule has 0 radical (unpaired) electrons. The number of rotatable bonds is 2. The third-order valence-corrected chi connectivity index (χ3v) is 2.50. The first kappa shape index (κ1) is 10.6. The van der Waals surface area contributed by atoms with E-state index >= 15 is 0 Å². The number of hydrogen-bond donors (Lipinski definition) is 1. The first-order chi connectivity index (χ1) is 7.81. The fraction of sp³-hybridized carbons (Fsp3) is 0.364. The minimum absolute atomic E-state index is 0.0278. The number of anilines is 1. The second-order valence-corrected chi connectivity index (χ2v) is 3.66. The summed E-state index contributed by atoms with van der Waals surface area (Å²) in [6.45, 7) is 1.67. The molecule has 5 heteroatoms. The molecule has 1 aliphatic heterocycles. The van der Waals surface area contributed by atoms with Crippen LogP contribution in [0, 0.1) is 0 Å². The topological polar surface area (TPSA) is 62.3 Å². The maximum atomic E-state index is 11.4. The highest BCUT2D eigenvalue weighted by Crippen LogP contribution is 2.16. The third kappa shape index (κ3) is 2.18. The number of hydrogen-bond acceptors (Lipinski definition) is 4. The lowest BCUT2D eigenvalue weighted by molar-refractivity contribution is -0.119. The molecule has 5 nitrogen and oxygen atoms in total. The normalized spacial score (nSPS) is 16.5. The van der Waals surface area contributed by atoms with Gasteiger partial charge in [0.25, 0.3) is 0 Å². The van der Waals surface area contributed by atoms with Crippen molar-refractivity contribution in [1.82, 2.24) is 10.3 Å². The minimum Gasteiger partial charge on any atom is -0.354 e. The average molecular weight is 219 g/mol. The van der Waals surface area contributed by atoms with Crippen molar-refractivity contribution < 1.29 is 9.59 Å². The van der Waals surface area contributed by atoms with E-state index in [9.17, 15) is 9.59 Å². The van der Waals surface area contributed by atoms with Crippen molar-refractivity contribution in [2.75, 3.05) is 24.5 Å². The summed E-state index contributed by atoms with van der Waals surface area (Å²) in [7, 11) is 0. The van der Waals surface area contributed by atoms with Gasteiger partial charge < -0.3 is 10.2 Å². The molecule has 0 unspecified atom stereocenters. The van der Waals surface area contributed by atoms with E-state index in [2.05, 4.69) is 10.3 Å². The van der Waals surface area contributed by atoms with Gasteiger partial charge in [-0.05, 0) is 18.6 Å². The van der Waals surface area contributed by atoms with Crippen LogP contribution in [-0.2, 0) is 4.79 Å². The number of amides is 1. The van der Waals surface area contributed by atoms with Gasteiger partial charge in [-0.1, -0.05) is 0 Å². The van der Waals surface area contributed by atoms with E-state index in [1.165, 1.54) is 0 Å². The maximum Gasteiger partial charge on any atom is 0.239 e. The van der Waals surface area contributed by atoms with Crippen LogP contribution >= 0.6 is 0 Å². The van der Waals surface area contributed by atoms with E-state index < -0.39 is 0 Å². The summed E-state index contributed by atoms with van der Waals surface area (Å²) in [5.41, 5.74) is 0.525. The molecule has 1 saturated heterocycles. The van der Waals surface area contributed by atoms with Crippen molar-refractivity contribution in [3.63, 3.8) is 0 Å². The van der Waals surface area contributed by atoms with Gasteiger partial charge in [0.2, 0.25) is 5.91 Å². The fourth-order valence-corrected chi connectivity index (χ4v) is 1.75. The Bertz CT molecular complexity index is 406. The molecule has 16 heavy (non-hydrogen) atoms. The minimum atomic E-state index is -0.0278. The lowest BCUT2D eigenvalue weighted by Crippen LogP contribution is -2.34. The van der Waals surface area contributed by atoms with Crippen molar-refractivity contribution in [2.45, 2.75) is 6.42 Å². The summed E-state index contributed by atoms with van der Waals surface area (Å²) < 4.78 is 0. The Morgan fingerprint density at radius 1 is 1.50 bits per heavy atom. The van der Waals surface area contributed by atoms with Crippen LogP contribution in [0.5, 0.6) is 0 Å². The predicted octanol–water partition coefficient (Wildman–Crippen LogP) is 0.220. The molecule has 1 aromatic heterocycles. The zero-order valence-corrected chi connectivity index (χ0v) is 8.85. The molecule has 1 aliphatic rings. The predicted molar refractivity (Wildman–Crippen MR) is 59.5 cm³/mol. The van der Waals surface area contributed by atoms with Crippen LogP contribution < -0.4 is 10.2 Å². The van der Waals surface area contributed by atoms with Gasteiger partial charge >= 0.3 is 0 Å². The number of pyridine rings is 1. The van der Waals surface area contributed by atoms with Crippen LogP contribution in [-0.4, -0.2) is 36.8 Å². The van der Waals surface area contributed by atoms with E-state index in [-0.39, 0.29) is 12.5 Å². The maximum absolute atomic E-state index is 11.4. The SMILES string of the molecule is O=Cc1cccnc1N1CCCNC(=O)C1. The van der Waals surface area contributed by atoms with Gasteiger partial charge in [-0.2, -0.15) is 0 Å². The quantitative estimate of drug-likeness (QED) is 0.723. The van der Waals surface area contributed by atoms with Crippen LogP contribution in [0.3, 0.4) is 0 Å². The molecule has 2 heterocycles. The fourth-order valence-electron chi connectivity index (χ4n) is 1.75. The summed E-state index contributed by atoms with van der Waals surface area (Å²) in [6, 6.07) is 3.42. The molecule has 0 saturated carbocycles. The molecular weight excluding hydrogens is 206 g/mol. The van der Waals surface area contributed by atoms with Gasteiger partial charge in [0.15, 0.2) is 6.29 Å². The molecule has 0 atom stereocenters. The monoisotopic (exact) mass is 219 g/mol. The number of nitrogens with one attached hydrogen (secondary N) is 1. The first-order valence-corrected chi connectivity index (χ1v) is 5.23. The van der Waals surface area contributed by atoms with Crippen molar-refractivity contribution in [3.8, 4) is 0 Å². The largest absolute Gasteiger partial charge is 0.354 e. The Labute approximate surface area is 93.5 Å². The van der Waals surface area contributed by atoms with Crippen LogP contribution in [0.2, 0.25) is 0 Å². The Hall–Kier alpha value is -1.91. The smallest absolute Gasteiger partial charge is 0.239 e. The molecule has 0 spiro atoms. The lowest BCUT2D eigenvalue weighted by Gasteiger charge is -2.21. The first-order valence-electron chi connectivity index (χ1n) is 5.23. The van der Waals surface area contributed by atoms with Gasteiger partial charge in [0.05, 0.1) is 12.1 Å². The van der Waals surface area contributed by atoms with Crippen LogP contribution in [0.15, 0.2) is 18.3 Å². The highest BCUT2D eigenvalue weighted by molar-refractivity contribution is 5.86. The van der Waals surface area contributed by atoms with Gasteiger partial charge in [-0.25, -0.2) is 4.98 Å². The molecule has 1 N–H and O–H groups in total. The molecule has 0 aromatic carbocycles. The summed E-state index contributed by atoms with van der Waals surface area (Å²) in [6.07, 6.45) is 3.26. The molecule has 1 amide bonds. The lowest BCUT2D eigenvalue weighted by atomic mass is 10.2.